The van der Waals surface area contributed by atoms with Gasteiger partial charge in [-0.3, -0.25) is 4.90 Å². The zero-order valence-electron chi connectivity index (χ0n) is 8.56. The lowest BCUT2D eigenvalue weighted by molar-refractivity contribution is 0.0552. The molecule has 2 nitrogen and oxygen atoms in total. The van der Waals surface area contributed by atoms with E-state index in [4.69, 9.17) is 0 Å². The van der Waals surface area contributed by atoms with E-state index < -0.39 is 0 Å². The molecule has 0 aromatic heterocycles. The summed E-state index contributed by atoms with van der Waals surface area (Å²) in [6.45, 7) is 0.987. The molecule has 1 fully saturated rings. The summed E-state index contributed by atoms with van der Waals surface area (Å²) in [5.74, 6) is 0. The van der Waals surface area contributed by atoms with Crippen LogP contribution in [-0.2, 0) is 0 Å². The monoisotopic (exact) mass is 191 g/mol. The SMILES string of the molecule is CN1CC[C@H](O)C[C@@H]1c1ccccc1. The third kappa shape index (κ3) is 1.97. The molecular formula is C12H17NO. The van der Waals surface area contributed by atoms with Crippen molar-refractivity contribution >= 4 is 0 Å². The second kappa shape index (κ2) is 4.11. The first-order chi connectivity index (χ1) is 6.77. The number of hydrogen-bond donors (Lipinski definition) is 1. The number of aliphatic hydroxyl groups excluding tert-OH is 1. The molecule has 0 unspecified atom stereocenters. The van der Waals surface area contributed by atoms with Gasteiger partial charge in [0.2, 0.25) is 0 Å². The predicted octanol–water partition coefficient (Wildman–Crippen LogP) is 1.81. The summed E-state index contributed by atoms with van der Waals surface area (Å²) in [6, 6.07) is 10.8. The van der Waals surface area contributed by atoms with Crippen molar-refractivity contribution < 1.29 is 5.11 Å². The van der Waals surface area contributed by atoms with Crippen LogP contribution in [0.1, 0.15) is 24.4 Å². The maximum absolute atomic E-state index is 9.63. The molecule has 2 rings (SSSR count). The molecule has 1 aromatic rings. The number of likely N-dealkylation sites (tertiary alicyclic amines) is 1. The van der Waals surface area contributed by atoms with Gasteiger partial charge in [-0.1, -0.05) is 30.3 Å². The first-order valence-corrected chi connectivity index (χ1v) is 5.20. The van der Waals surface area contributed by atoms with Crippen molar-refractivity contribution in [3.63, 3.8) is 0 Å². The highest BCUT2D eigenvalue weighted by Gasteiger charge is 2.25. The molecule has 0 spiro atoms. The highest BCUT2D eigenvalue weighted by atomic mass is 16.3. The van der Waals surface area contributed by atoms with Crippen LogP contribution in [-0.4, -0.2) is 29.7 Å². The number of piperidine rings is 1. The molecule has 0 amide bonds. The molecule has 2 heteroatoms. The van der Waals surface area contributed by atoms with E-state index in [1.54, 1.807) is 0 Å². The number of aliphatic hydroxyl groups is 1. The molecule has 0 radical (unpaired) electrons. The summed E-state index contributed by atoms with van der Waals surface area (Å²) >= 11 is 0. The molecule has 1 aromatic carbocycles. The van der Waals surface area contributed by atoms with Crippen LogP contribution in [0.4, 0.5) is 0 Å². The average molecular weight is 191 g/mol. The van der Waals surface area contributed by atoms with Gasteiger partial charge in [0, 0.05) is 12.6 Å². The zero-order valence-corrected chi connectivity index (χ0v) is 8.56. The third-order valence-electron chi connectivity index (χ3n) is 3.03. The lowest BCUT2D eigenvalue weighted by Gasteiger charge is -2.35. The highest BCUT2D eigenvalue weighted by molar-refractivity contribution is 5.19. The van der Waals surface area contributed by atoms with Gasteiger partial charge in [0.1, 0.15) is 0 Å². The van der Waals surface area contributed by atoms with E-state index in [-0.39, 0.29) is 6.10 Å². The Balaban J connectivity index is 2.16. The number of nitrogens with zero attached hydrogens (tertiary/aromatic N) is 1. The van der Waals surface area contributed by atoms with E-state index >= 15 is 0 Å². The van der Waals surface area contributed by atoms with Crippen LogP contribution in [0.2, 0.25) is 0 Å². The Morgan fingerprint density at radius 3 is 2.71 bits per heavy atom. The molecule has 76 valence electrons. The Morgan fingerprint density at radius 2 is 2.00 bits per heavy atom. The first kappa shape index (κ1) is 9.69. The van der Waals surface area contributed by atoms with Crippen molar-refractivity contribution in [3.8, 4) is 0 Å². The first-order valence-electron chi connectivity index (χ1n) is 5.20. The summed E-state index contributed by atoms with van der Waals surface area (Å²) in [4.78, 5) is 2.32. The topological polar surface area (TPSA) is 23.5 Å². The minimum absolute atomic E-state index is 0.128. The highest BCUT2D eigenvalue weighted by Crippen LogP contribution is 2.29. The van der Waals surface area contributed by atoms with Gasteiger partial charge < -0.3 is 5.11 Å². The minimum atomic E-state index is -0.128. The Labute approximate surface area is 85.2 Å². The van der Waals surface area contributed by atoms with Crippen LogP contribution in [0.15, 0.2) is 30.3 Å². The van der Waals surface area contributed by atoms with Crippen molar-refractivity contribution in [2.45, 2.75) is 25.0 Å². The molecular weight excluding hydrogens is 174 g/mol. The lowest BCUT2D eigenvalue weighted by atomic mass is 9.94. The lowest BCUT2D eigenvalue weighted by Crippen LogP contribution is -2.35. The van der Waals surface area contributed by atoms with E-state index in [0.717, 1.165) is 19.4 Å². The second-order valence-corrected chi connectivity index (χ2v) is 4.09. The van der Waals surface area contributed by atoms with Crippen molar-refractivity contribution in [1.82, 2.24) is 4.90 Å². The molecule has 1 saturated heterocycles. The molecule has 1 aliphatic heterocycles. The molecule has 2 atom stereocenters. The van der Waals surface area contributed by atoms with Gasteiger partial charge in [-0.2, -0.15) is 0 Å². The van der Waals surface area contributed by atoms with E-state index in [9.17, 15) is 5.11 Å². The van der Waals surface area contributed by atoms with Gasteiger partial charge in [-0.15, -0.1) is 0 Å². The van der Waals surface area contributed by atoms with Crippen LogP contribution in [0, 0.1) is 0 Å². The Bertz CT molecular complexity index is 286. The Hall–Kier alpha value is -0.860. The molecule has 0 bridgehead atoms. The number of hydrogen-bond acceptors (Lipinski definition) is 2. The molecule has 1 N–H and O–H groups in total. The maximum atomic E-state index is 9.63. The van der Waals surface area contributed by atoms with Gasteiger partial charge in [0.05, 0.1) is 6.10 Å². The Kier molecular flexibility index (Phi) is 2.85. The fourth-order valence-corrected chi connectivity index (χ4v) is 2.13. The van der Waals surface area contributed by atoms with Gasteiger partial charge in [0.25, 0.3) is 0 Å². The number of rotatable bonds is 1. The van der Waals surface area contributed by atoms with E-state index in [1.165, 1.54) is 5.56 Å². The maximum Gasteiger partial charge on any atom is 0.0570 e. The average Bonchev–Trinajstić information content (AvgIpc) is 2.23. The van der Waals surface area contributed by atoms with Gasteiger partial charge in [-0.25, -0.2) is 0 Å². The van der Waals surface area contributed by atoms with Crippen LogP contribution in [0.3, 0.4) is 0 Å². The predicted molar refractivity (Wildman–Crippen MR) is 57.1 cm³/mol. The minimum Gasteiger partial charge on any atom is -0.393 e. The molecule has 0 saturated carbocycles. The second-order valence-electron chi connectivity index (χ2n) is 4.09. The summed E-state index contributed by atoms with van der Waals surface area (Å²) in [7, 11) is 2.13. The summed E-state index contributed by atoms with van der Waals surface area (Å²) < 4.78 is 0. The summed E-state index contributed by atoms with van der Waals surface area (Å²) in [5.41, 5.74) is 1.31. The largest absolute Gasteiger partial charge is 0.393 e. The van der Waals surface area contributed by atoms with Gasteiger partial charge in [0.15, 0.2) is 0 Å². The van der Waals surface area contributed by atoms with Crippen molar-refractivity contribution in [2.75, 3.05) is 13.6 Å². The quantitative estimate of drug-likeness (QED) is 0.732. The normalized spacial score (nSPS) is 29.0. The van der Waals surface area contributed by atoms with Gasteiger partial charge in [-0.05, 0) is 25.5 Å². The standard InChI is InChI=1S/C12H17NO/c1-13-8-7-11(14)9-12(13)10-5-3-2-4-6-10/h2-6,11-12,14H,7-9H2,1H3/t11-,12+/m0/s1. The van der Waals surface area contributed by atoms with Gasteiger partial charge >= 0.3 is 0 Å². The smallest absolute Gasteiger partial charge is 0.0570 e. The Morgan fingerprint density at radius 1 is 1.29 bits per heavy atom. The molecule has 1 heterocycles. The summed E-state index contributed by atoms with van der Waals surface area (Å²) in [5, 5.41) is 9.63. The summed E-state index contributed by atoms with van der Waals surface area (Å²) in [6.07, 6.45) is 1.64. The van der Waals surface area contributed by atoms with E-state index in [0.29, 0.717) is 6.04 Å². The van der Waals surface area contributed by atoms with E-state index in [2.05, 4.69) is 36.2 Å². The molecule has 14 heavy (non-hydrogen) atoms. The zero-order chi connectivity index (χ0) is 9.97. The van der Waals surface area contributed by atoms with Crippen molar-refractivity contribution in [2.24, 2.45) is 0 Å². The number of benzene rings is 1. The van der Waals surface area contributed by atoms with Crippen molar-refractivity contribution in [3.05, 3.63) is 35.9 Å². The fraction of sp³-hybridized carbons (Fsp3) is 0.500. The molecule has 1 aliphatic rings. The van der Waals surface area contributed by atoms with Crippen LogP contribution >= 0.6 is 0 Å². The van der Waals surface area contributed by atoms with Crippen LogP contribution in [0.5, 0.6) is 0 Å². The fourth-order valence-electron chi connectivity index (χ4n) is 2.13. The third-order valence-corrected chi connectivity index (χ3v) is 3.03. The van der Waals surface area contributed by atoms with Crippen molar-refractivity contribution in [1.29, 1.82) is 0 Å². The molecule has 0 aliphatic carbocycles. The van der Waals surface area contributed by atoms with E-state index in [1.807, 2.05) is 6.07 Å². The van der Waals surface area contributed by atoms with Crippen LogP contribution in [0.25, 0.3) is 0 Å². The van der Waals surface area contributed by atoms with Crippen LogP contribution < -0.4 is 0 Å².